The topological polar surface area (TPSA) is 19.4 Å². The van der Waals surface area contributed by atoms with Gasteiger partial charge in [0.05, 0.1) is 10.6 Å². The second kappa shape index (κ2) is 5.31. The second-order valence-corrected chi connectivity index (χ2v) is 6.09. The van der Waals surface area contributed by atoms with Crippen molar-refractivity contribution in [2.75, 3.05) is 38.1 Å². The van der Waals surface area contributed by atoms with Crippen molar-refractivity contribution in [3.63, 3.8) is 0 Å². The molecule has 0 radical (unpaired) electrons. The van der Waals surface area contributed by atoms with E-state index < -0.39 is 0 Å². The maximum Gasteiger partial charge on any atom is 0.0822 e. The Labute approximate surface area is 118 Å². The second-order valence-electron chi connectivity index (χ2n) is 5.18. The molecule has 19 heavy (non-hydrogen) atoms. The average molecular weight is 273 g/mol. The molecule has 4 heteroatoms. The highest BCUT2D eigenvalue weighted by molar-refractivity contribution is 7.13. The van der Waals surface area contributed by atoms with E-state index in [1.54, 1.807) is 11.3 Å². The quantitative estimate of drug-likeness (QED) is 0.839. The first-order chi connectivity index (χ1) is 9.22. The van der Waals surface area contributed by atoms with Crippen molar-refractivity contribution < 1.29 is 0 Å². The fourth-order valence-corrected chi connectivity index (χ4v) is 3.25. The highest BCUT2D eigenvalue weighted by Gasteiger charge is 2.15. The van der Waals surface area contributed by atoms with E-state index in [2.05, 4.69) is 52.3 Å². The molecule has 0 saturated carbocycles. The number of piperazine rings is 1. The van der Waals surface area contributed by atoms with Crippen molar-refractivity contribution >= 4 is 17.0 Å². The minimum atomic E-state index is 1.09. The van der Waals surface area contributed by atoms with Crippen LogP contribution < -0.4 is 4.90 Å². The number of nitrogens with zero attached hydrogens (tertiary/aromatic N) is 3. The lowest BCUT2D eigenvalue weighted by Crippen LogP contribution is -2.44. The summed E-state index contributed by atoms with van der Waals surface area (Å²) in [5.74, 6) is 0. The van der Waals surface area contributed by atoms with Crippen molar-refractivity contribution in [3.05, 3.63) is 35.3 Å². The van der Waals surface area contributed by atoms with Gasteiger partial charge >= 0.3 is 0 Å². The zero-order valence-corrected chi connectivity index (χ0v) is 12.3. The number of anilines is 1. The largest absolute Gasteiger partial charge is 0.369 e. The molecule has 1 aliphatic rings. The van der Waals surface area contributed by atoms with E-state index in [1.807, 2.05) is 6.20 Å². The summed E-state index contributed by atoms with van der Waals surface area (Å²) < 4.78 is 0. The third-order valence-electron chi connectivity index (χ3n) is 3.59. The molecule has 3 nitrogen and oxygen atoms in total. The zero-order chi connectivity index (χ0) is 13.2. The van der Waals surface area contributed by atoms with Gasteiger partial charge in [0.2, 0.25) is 0 Å². The molecule has 0 bridgehead atoms. The summed E-state index contributed by atoms with van der Waals surface area (Å²) in [6.07, 6.45) is 1.93. The summed E-state index contributed by atoms with van der Waals surface area (Å²) in [7, 11) is 2.18. The molecule has 1 saturated heterocycles. The molecule has 0 N–H and O–H groups in total. The van der Waals surface area contributed by atoms with Crippen LogP contribution in [0.5, 0.6) is 0 Å². The molecule has 1 fully saturated rings. The molecule has 0 aliphatic carbocycles. The van der Waals surface area contributed by atoms with Crippen LogP contribution in [0, 0.1) is 6.92 Å². The highest BCUT2D eigenvalue weighted by atomic mass is 32.1. The van der Waals surface area contributed by atoms with Crippen LogP contribution >= 0.6 is 11.3 Å². The van der Waals surface area contributed by atoms with Crippen molar-refractivity contribution in [3.8, 4) is 10.6 Å². The van der Waals surface area contributed by atoms with Gasteiger partial charge in [-0.2, -0.15) is 0 Å². The molecule has 0 atom stereocenters. The predicted molar refractivity (Wildman–Crippen MR) is 82.0 cm³/mol. The lowest BCUT2D eigenvalue weighted by Gasteiger charge is -2.34. The number of hydrogen-bond acceptors (Lipinski definition) is 4. The summed E-state index contributed by atoms with van der Waals surface area (Å²) >= 11 is 1.77. The maximum absolute atomic E-state index is 4.51. The van der Waals surface area contributed by atoms with Crippen LogP contribution in [0.3, 0.4) is 0 Å². The standard InChI is InChI=1S/C15H19N3S/c1-12-9-15(19-11-12)14-10-13(3-4-16-14)18-7-5-17(2)6-8-18/h3-4,9-11H,5-8H2,1-2H3. The zero-order valence-electron chi connectivity index (χ0n) is 11.5. The van der Waals surface area contributed by atoms with Gasteiger partial charge in [0.15, 0.2) is 0 Å². The van der Waals surface area contributed by atoms with Gasteiger partial charge in [0.1, 0.15) is 0 Å². The Morgan fingerprint density at radius 1 is 1.16 bits per heavy atom. The molecule has 1 aliphatic heterocycles. The van der Waals surface area contributed by atoms with Crippen LogP contribution in [0.15, 0.2) is 29.8 Å². The van der Waals surface area contributed by atoms with Crippen LogP contribution in [0.25, 0.3) is 10.6 Å². The van der Waals surface area contributed by atoms with Gasteiger partial charge in [-0.15, -0.1) is 11.3 Å². The van der Waals surface area contributed by atoms with Gasteiger partial charge in [-0.25, -0.2) is 0 Å². The number of hydrogen-bond donors (Lipinski definition) is 0. The van der Waals surface area contributed by atoms with Crippen molar-refractivity contribution in [2.45, 2.75) is 6.92 Å². The predicted octanol–water partition coefficient (Wildman–Crippen LogP) is 2.87. The van der Waals surface area contributed by atoms with Crippen LogP contribution in [0.2, 0.25) is 0 Å². The third-order valence-corrected chi connectivity index (χ3v) is 4.67. The molecule has 0 aromatic carbocycles. The van der Waals surface area contributed by atoms with E-state index in [9.17, 15) is 0 Å². The summed E-state index contributed by atoms with van der Waals surface area (Å²) in [5.41, 5.74) is 3.70. The van der Waals surface area contributed by atoms with Crippen molar-refractivity contribution in [2.24, 2.45) is 0 Å². The van der Waals surface area contributed by atoms with E-state index in [0.29, 0.717) is 0 Å². The molecule has 3 rings (SSSR count). The first-order valence-corrected chi connectivity index (χ1v) is 7.55. The summed E-state index contributed by atoms with van der Waals surface area (Å²) in [6.45, 7) is 6.60. The van der Waals surface area contributed by atoms with Gasteiger partial charge in [-0.05, 0) is 43.1 Å². The van der Waals surface area contributed by atoms with Crippen LogP contribution in [-0.2, 0) is 0 Å². The molecule has 3 heterocycles. The fourth-order valence-electron chi connectivity index (χ4n) is 2.38. The normalized spacial score (nSPS) is 16.8. The molecular formula is C15H19N3S. The summed E-state index contributed by atoms with van der Waals surface area (Å²) in [4.78, 5) is 10.6. The molecule has 0 unspecified atom stereocenters. The van der Waals surface area contributed by atoms with E-state index in [4.69, 9.17) is 0 Å². The number of likely N-dealkylation sites (N-methyl/N-ethyl adjacent to an activating group) is 1. The minimum Gasteiger partial charge on any atom is -0.369 e. The minimum absolute atomic E-state index is 1.09. The number of pyridine rings is 1. The lowest BCUT2D eigenvalue weighted by atomic mass is 10.2. The van der Waals surface area contributed by atoms with Gasteiger partial charge in [-0.1, -0.05) is 0 Å². The Morgan fingerprint density at radius 3 is 2.63 bits per heavy atom. The van der Waals surface area contributed by atoms with E-state index in [0.717, 1.165) is 31.9 Å². The Hall–Kier alpha value is -1.39. The first kappa shape index (κ1) is 12.6. The smallest absolute Gasteiger partial charge is 0.0822 e. The van der Waals surface area contributed by atoms with E-state index in [-0.39, 0.29) is 0 Å². The van der Waals surface area contributed by atoms with Crippen molar-refractivity contribution in [1.29, 1.82) is 0 Å². The average Bonchev–Trinajstić information content (AvgIpc) is 2.86. The number of rotatable bonds is 2. The van der Waals surface area contributed by atoms with Crippen LogP contribution in [0.1, 0.15) is 5.56 Å². The maximum atomic E-state index is 4.51. The van der Waals surface area contributed by atoms with E-state index in [1.165, 1.54) is 16.1 Å². The monoisotopic (exact) mass is 273 g/mol. The number of aryl methyl sites for hydroxylation is 1. The van der Waals surface area contributed by atoms with Gasteiger partial charge in [0, 0.05) is 38.1 Å². The Kier molecular flexibility index (Phi) is 3.53. The molecule has 2 aromatic rings. The molecular weight excluding hydrogens is 254 g/mol. The molecule has 2 aromatic heterocycles. The SMILES string of the molecule is Cc1csc(-c2cc(N3CCN(C)CC3)ccn2)c1. The summed E-state index contributed by atoms with van der Waals surface area (Å²) in [6, 6.07) is 6.55. The van der Waals surface area contributed by atoms with Gasteiger partial charge in [-0.3, -0.25) is 4.98 Å². The first-order valence-electron chi connectivity index (χ1n) is 6.67. The van der Waals surface area contributed by atoms with Crippen molar-refractivity contribution in [1.82, 2.24) is 9.88 Å². The molecule has 0 spiro atoms. The Morgan fingerprint density at radius 2 is 1.95 bits per heavy atom. The molecule has 0 amide bonds. The number of thiophene rings is 1. The molecule has 100 valence electrons. The van der Waals surface area contributed by atoms with E-state index >= 15 is 0 Å². The lowest BCUT2D eigenvalue weighted by molar-refractivity contribution is 0.313. The Balaban J connectivity index is 1.84. The Bertz CT molecular complexity index is 556. The third kappa shape index (κ3) is 2.80. The fraction of sp³-hybridized carbons (Fsp3) is 0.400. The summed E-state index contributed by atoms with van der Waals surface area (Å²) in [5, 5.41) is 2.18. The number of aromatic nitrogens is 1. The van der Waals surface area contributed by atoms with Gasteiger partial charge in [0.25, 0.3) is 0 Å². The van der Waals surface area contributed by atoms with Crippen LogP contribution in [-0.4, -0.2) is 43.1 Å². The highest BCUT2D eigenvalue weighted by Crippen LogP contribution is 2.28. The van der Waals surface area contributed by atoms with Gasteiger partial charge < -0.3 is 9.80 Å². The van der Waals surface area contributed by atoms with Crippen LogP contribution in [0.4, 0.5) is 5.69 Å².